The molecular formula is C37H37BrN2O8. The molecule has 4 unspecified atom stereocenters. The van der Waals surface area contributed by atoms with Crippen molar-refractivity contribution < 1.29 is 38.1 Å². The lowest BCUT2D eigenvalue weighted by Gasteiger charge is -2.31. The van der Waals surface area contributed by atoms with Crippen LogP contribution in [-0.2, 0) is 23.8 Å². The zero-order valence-corrected chi connectivity index (χ0v) is 28.0. The van der Waals surface area contributed by atoms with Crippen LogP contribution in [0.3, 0.4) is 0 Å². The average molecular weight is 718 g/mol. The van der Waals surface area contributed by atoms with Crippen molar-refractivity contribution in [1.29, 1.82) is 0 Å². The van der Waals surface area contributed by atoms with Gasteiger partial charge in [0.2, 0.25) is 11.8 Å². The van der Waals surface area contributed by atoms with Gasteiger partial charge in [-0.15, -0.1) is 0 Å². The summed E-state index contributed by atoms with van der Waals surface area (Å²) in [5, 5.41) is 5.62. The summed E-state index contributed by atoms with van der Waals surface area (Å²) in [6, 6.07) is 34.1. The molecule has 11 heteroatoms. The lowest BCUT2D eigenvalue weighted by Crippen LogP contribution is -2.46. The number of morpholine rings is 2. The number of hydrogen-bond acceptors (Lipinski definition) is 8. The molecule has 2 amide bonds. The zero-order valence-electron chi connectivity index (χ0n) is 26.4. The Morgan fingerprint density at radius 2 is 1.17 bits per heavy atom. The van der Waals surface area contributed by atoms with Crippen molar-refractivity contribution >= 4 is 33.7 Å². The summed E-state index contributed by atoms with van der Waals surface area (Å²) in [6.07, 6.45) is -1.37. The Labute approximate surface area is 287 Å². The number of hydrogen-bond donors (Lipinski definition) is 2. The van der Waals surface area contributed by atoms with Crippen molar-refractivity contribution in [2.75, 3.05) is 32.9 Å². The highest BCUT2D eigenvalue weighted by atomic mass is 79.9. The van der Waals surface area contributed by atoms with E-state index in [2.05, 4.69) is 26.6 Å². The highest BCUT2D eigenvalue weighted by molar-refractivity contribution is 9.10. The fourth-order valence-electron chi connectivity index (χ4n) is 5.17. The molecular weight excluding hydrogens is 680 g/mol. The van der Waals surface area contributed by atoms with E-state index in [1.165, 1.54) is 0 Å². The van der Waals surface area contributed by atoms with E-state index in [4.69, 9.17) is 23.7 Å². The normalized spacial score (nSPS) is 18.5. The van der Waals surface area contributed by atoms with E-state index in [1.54, 1.807) is 31.2 Å². The fourth-order valence-corrected chi connectivity index (χ4v) is 5.54. The second kappa shape index (κ2) is 17.4. The lowest BCUT2D eigenvalue weighted by molar-refractivity contribution is -0.138. The van der Waals surface area contributed by atoms with E-state index in [-0.39, 0.29) is 49.9 Å². The third kappa shape index (κ3) is 9.43. The summed E-state index contributed by atoms with van der Waals surface area (Å²) in [6.45, 7) is 2.85. The minimum atomic E-state index is -0.479. The predicted octanol–water partition coefficient (Wildman–Crippen LogP) is 5.58. The molecule has 0 spiro atoms. The summed E-state index contributed by atoms with van der Waals surface area (Å²) in [5.74, 6) is 0.480. The highest BCUT2D eigenvalue weighted by Crippen LogP contribution is 2.33. The van der Waals surface area contributed by atoms with Gasteiger partial charge in [-0.05, 0) is 58.2 Å². The molecule has 10 nitrogen and oxygen atoms in total. The molecule has 2 aliphatic heterocycles. The smallest absolute Gasteiger partial charge is 0.341 e. The van der Waals surface area contributed by atoms with E-state index in [0.29, 0.717) is 24.4 Å². The van der Waals surface area contributed by atoms with Gasteiger partial charge in [-0.1, -0.05) is 84.9 Å². The Hall–Kier alpha value is -4.71. The van der Waals surface area contributed by atoms with Crippen LogP contribution in [0, 0.1) is 0 Å². The molecule has 48 heavy (non-hydrogen) atoms. The Kier molecular flexibility index (Phi) is 12.6. The molecule has 4 aromatic rings. The maximum atomic E-state index is 12.2. The summed E-state index contributed by atoms with van der Waals surface area (Å²) in [4.78, 5) is 34.9. The van der Waals surface area contributed by atoms with Crippen LogP contribution in [0.5, 0.6) is 11.5 Å². The van der Waals surface area contributed by atoms with Crippen LogP contribution >= 0.6 is 15.9 Å². The monoisotopic (exact) mass is 716 g/mol. The molecule has 2 saturated heterocycles. The van der Waals surface area contributed by atoms with Gasteiger partial charge in [0.1, 0.15) is 42.5 Å². The number of rotatable bonds is 10. The van der Waals surface area contributed by atoms with Crippen LogP contribution in [-0.4, -0.2) is 62.9 Å². The van der Waals surface area contributed by atoms with Gasteiger partial charge in [0.05, 0.1) is 11.1 Å². The maximum absolute atomic E-state index is 12.2. The van der Waals surface area contributed by atoms with Crippen molar-refractivity contribution in [3.05, 3.63) is 130 Å². The molecule has 250 valence electrons. The Balaban J connectivity index is 0.000000190. The van der Waals surface area contributed by atoms with Gasteiger partial charge in [0.25, 0.3) is 0 Å². The first-order valence-corrected chi connectivity index (χ1v) is 16.4. The molecule has 0 radical (unpaired) electrons. The Morgan fingerprint density at radius 3 is 1.65 bits per heavy atom. The fraction of sp³-hybridized carbons (Fsp3) is 0.270. The van der Waals surface area contributed by atoms with E-state index < -0.39 is 12.1 Å². The molecule has 0 aliphatic carbocycles. The first-order chi connectivity index (χ1) is 23.4. The molecule has 4 aromatic carbocycles. The van der Waals surface area contributed by atoms with Gasteiger partial charge in [-0.2, -0.15) is 0 Å². The number of benzene rings is 4. The number of halogens is 1. The van der Waals surface area contributed by atoms with Crippen molar-refractivity contribution in [1.82, 2.24) is 10.6 Å². The maximum Gasteiger partial charge on any atom is 0.341 e. The van der Waals surface area contributed by atoms with Crippen LogP contribution in [0.4, 0.5) is 0 Å². The predicted molar refractivity (Wildman–Crippen MR) is 182 cm³/mol. The quantitative estimate of drug-likeness (QED) is 0.204. The number of para-hydroxylation sites is 2. The molecule has 2 N–H and O–H groups in total. The Morgan fingerprint density at radius 1 is 0.708 bits per heavy atom. The van der Waals surface area contributed by atoms with Crippen LogP contribution in [0.25, 0.3) is 0 Å². The molecule has 2 fully saturated rings. The SMILES string of the molecule is CCOC(=O)c1ccccc1OC(c1ccccc1)C1CNC(=O)CO1.O=C1COC(C(Oc2ccccc2Br)c2ccccc2)CN1. The number of carbonyl (C=O) groups is 3. The lowest BCUT2D eigenvalue weighted by atomic mass is 10.0. The van der Waals surface area contributed by atoms with Crippen LogP contribution in [0.1, 0.15) is 40.6 Å². The number of ether oxygens (including phenoxy) is 5. The van der Waals surface area contributed by atoms with E-state index in [1.807, 2.05) is 84.9 Å². The second-order valence-electron chi connectivity index (χ2n) is 10.9. The van der Waals surface area contributed by atoms with Gasteiger partial charge < -0.3 is 34.3 Å². The molecule has 2 heterocycles. The Bertz CT molecular complexity index is 1640. The second-order valence-corrected chi connectivity index (χ2v) is 11.7. The van der Waals surface area contributed by atoms with Crippen LogP contribution < -0.4 is 20.1 Å². The number of carbonyl (C=O) groups excluding carboxylic acids is 3. The number of amides is 2. The van der Waals surface area contributed by atoms with Crippen molar-refractivity contribution in [2.45, 2.75) is 31.3 Å². The molecule has 4 atom stereocenters. The molecule has 0 aromatic heterocycles. The summed E-state index contributed by atoms with van der Waals surface area (Å²) < 4.78 is 29.7. The topological polar surface area (TPSA) is 121 Å². The molecule has 0 saturated carbocycles. The average Bonchev–Trinajstić information content (AvgIpc) is 3.12. The third-order valence-corrected chi connectivity index (χ3v) is 8.17. The number of nitrogens with one attached hydrogen (secondary N) is 2. The largest absolute Gasteiger partial charge is 0.482 e. The van der Waals surface area contributed by atoms with Crippen molar-refractivity contribution in [3.8, 4) is 11.5 Å². The minimum absolute atomic E-state index is 0.0170. The first-order valence-electron chi connectivity index (χ1n) is 15.6. The summed E-state index contributed by atoms with van der Waals surface area (Å²) in [7, 11) is 0. The van der Waals surface area contributed by atoms with Gasteiger partial charge in [-0.3, -0.25) is 9.59 Å². The standard InChI is InChI=1S/C20H21NO5.C17H16BrNO3/c1-2-24-20(23)15-10-6-7-11-16(15)26-19(14-8-4-3-5-9-14)17-12-21-18(22)13-25-17;18-13-8-4-5-9-14(13)22-17(12-6-2-1-3-7-12)15-10-19-16(20)11-21-15/h3-11,17,19H,2,12-13H2,1H3,(H,21,22);1-9,15,17H,10-11H2,(H,19,20). The molecule has 6 rings (SSSR count). The highest BCUT2D eigenvalue weighted by Gasteiger charge is 2.32. The van der Waals surface area contributed by atoms with Gasteiger partial charge in [0.15, 0.2) is 12.2 Å². The van der Waals surface area contributed by atoms with E-state index in [0.717, 1.165) is 21.3 Å². The van der Waals surface area contributed by atoms with Crippen molar-refractivity contribution in [3.63, 3.8) is 0 Å². The molecule has 2 aliphatic rings. The van der Waals surface area contributed by atoms with Crippen LogP contribution in [0.15, 0.2) is 114 Å². The summed E-state index contributed by atoms with van der Waals surface area (Å²) in [5.41, 5.74) is 2.27. The van der Waals surface area contributed by atoms with E-state index in [9.17, 15) is 14.4 Å². The van der Waals surface area contributed by atoms with Gasteiger partial charge >= 0.3 is 5.97 Å². The minimum Gasteiger partial charge on any atom is -0.482 e. The third-order valence-electron chi connectivity index (χ3n) is 7.52. The summed E-state index contributed by atoms with van der Waals surface area (Å²) >= 11 is 3.50. The first kappa shape index (κ1) is 34.6. The van der Waals surface area contributed by atoms with Gasteiger partial charge in [-0.25, -0.2) is 4.79 Å². The molecule has 0 bridgehead atoms. The van der Waals surface area contributed by atoms with Crippen molar-refractivity contribution in [2.24, 2.45) is 0 Å². The number of esters is 1. The zero-order chi connectivity index (χ0) is 33.7. The van der Waals surface area contributed by atoms with E-state index >= 15 is 0 Å². The van der Waals surface area contributed by atoms with Gasteiger partial charge in [0, 0.05) is 13.1 Å². The van der Waals surface area contributed by atoms with Crippen LogP contribution in [0.2, 0.25) is 0 Å².